The number of nitrogens with zero attached hydrogens (tertiary/aromatic N) is 1. The highest BCUT2D eigenvalue weighted by molar-refractivity contribution is 9.10. The lowest BCUT2D eigenvalue weighted by atomic mass is 10.0. The molecule has 0 spiro atoms. The van der Waals surface area contributed by atoms with Crippen molar-refractivity contribution in [2.24, 2.45) is 0 Å². The fraction of sp³-hybridized carbons (Fsp3) is 0.0417. The van der Waals surface area contributed by atoms with Crippen molar-refractivity contribution >= 4 is 50.7 Å². The fourth-order valence-corrected chi connectivity index (χ4v) is 4.31. The lowest BCUT2D eigenvalue weighted by Gasteiger charge is -2.11. The van der Waals surface area contributed by atoms with Crippen LogP contribution in [0.1, 0.15) is 15.9 Å². The van der Waals surface area contributed by atoms with E-state index in [-0.39, 0.29) is 12.3 Å². The minimum atomic E-state index is -0.449. The van der Waals surface area contributed by atoms with Gasteiger partial charge < -0.3 is 0 Å². The Kier molecular flexibility index (Phi) is 5.97. The molecule has 1 aliphatic heterocycles. The number of thioether (sulfide) groups is 1. The minimum Gasteiger partial charge on any atom is -0.292 e. The maximum absolute atomic E-state index is 12.7. The lowest BCUT2D eigenvalue weighted by molar-refractivity contribution is -0.122. The summed E-state index contributed by atoms with van der Waals surface area (Å²) >= 11 is 4.28. The van der Waals surface area contributed by atoms with Gasteiger partial charge in [-0.3, -0.25) is 19.3 Å². The molecule has 0 aromatic heterocycles. The van der Waals surface area contributed by atoms with Gasteiger partial charge in [-0.05, 0) is 40.6 Å². The quantitative estimate of drug-likeness (QED) is 0.332. The minimum absolute atomic E-state index is 0.275. The second-order valence-electron chi connectivity index (χ2n) is 6.66. The normalized spacial score (nSPS) is 15.1. The fourth-order valence-electron chi connectivity index (χ4n) is 3.08. The third-order valence-corrected chi connectivity index (χ3v) is 6.31. The van der Waals surface area contributed by atoms with Crippen LogP contribution in [0, 0.1) is 0 Å². The largest absolute Gasteiger partial charge is 0.293 e. The molecule has 0 N–H and O–H groups in total. The molecule has 0 atom stereocenters. The Balaban J connectivity index is 1.49. The van der Waals surface area contributed by atoms with E-state index in [1.807, 2.05) is 66.7 Å². The molecule has 1 fully saturated rings. The van der Waals surface area contributed by atoms with E-state index in [0.29, 0.717) is 10.5 Å². The molecule has 1 saturated heterocycles. The number of amides is 2. The summed E-state index contributed by atoms with van der Waals surface area (Å²) in [6.45, 7) is -0.275. The van der Waals surface area contributed by atoms with Crippen LogP contribution in [0.3, 0.4) is 0 Å². The second-order valence-corrected chi connectivity index (χ2v) is 8.50. The van der Waals surface area contributed by atoms with Crippen molar-refractivity contribution in [2.45, 2.75) is 0 Å². The van der Waals surface area contributed by atoms with Crippen molar-refractivity contribution in [3.05, 3.63) is 99.4 Å². The number of rotatable bonds is 5. The Hall–Kier alpha value is -2.96. The number of hydrogen-bond acceptors (Lipinski definition) is 4. The summed E-state index contributed by atoms with van der Waals surface area (Å²) in [5.74, 6) is -0.728. The maximum Gasteiger partial charge on any atom is 0.293 e. The molecule has 4 nitrogen and oxygen atoms in total. The molecule has 0 bridgehead atoms. The van der Waals surface area contributed by atoms with E-state index in [9.17, 15) is 14.4 Å². The number of halogens is 1. The van der Waals surface area contributed by atoms with Crippen LogP contribution in [0.15, 0.2) is 88.2 Å². The van der Waals surface area contributed by atoms with Gasteiger partial charge in [-0.25, -0.2) is 0 Å². The molecule has 1 aliphatic rings. The third kappa shape index (κ3) is 4.30. The smallest absolute Gasteiger partial charge is 0.292 e. The molecule has 0 radical (unpaired) electrons. The van der Waals surface area contributed by atoms with E-state index >= 15 is 0 Å². The monoisotopic (exact) mass is 477 g/mol. The molecule has 4 rings (SSSR count). The van der Waals surface area contributed by atoms with Crippen molar-refractivity contribution in [1.29, 1.82) is 0 Å². The first-order valence-electron chi connectivity index (χ1n) is 9.21. The Morgan fingerprint density at radius 2 is 1.50 bits per heavy atom. The first-order valence-corrected chi connectivity index (χ1v) is 10.8. The highest BCUT2D eigenvalue weighted by Gasteiger charge is 2.36. The summed E-state index contributed by atoms with van der Waals surface area (Å²) < 4.78 is 0.825. The van der Waals surface area contributed by atoms with Gasteiger partial charge in [0.25, 0.3) is 11.1 Å². The van der Waals surface area contributed by atoms with E-state index in [2.05, 4.69) is 15.9 Å². The molecule has 6 heteroatoms. The van der Waals surface area contributed by atoms with Crippen LogP contribution in [-0.2, 0) is 4.79 Å². The number of carbonyl (C=O) groups is 3. The standard InChI is InChI=1S/C24H16BrNO3S/c25-20-9-5-4-8-19(20)14-22-23(28)26(24(29)30-22)15-21(27)18-12-10-17(11-13-18)16-6-2-1-3-7-16/h1-14H,15H2/b22-14+. The summed E-state index contributed by atoms with van der Waals surface area (Å²) in [5, 5.41) is -0.437. The molecule has 3 aromatic carbocycles. The van der Waals surface area contributed by atoms with Crippen molar-refractivity contribution in [1.82, 2.24) is 4.90 Å². The van der Waals surface area contributed by atoms with Gasteiger partial charge in [-0.2, -0.15) is 0 Å². The first kappa shape index (κ1) is 20.3. The average Bonchev–Trinajstić information content (AvgIpc) is 3.03. The predicted molar refractivity (Wildman–Crippen MR) is 123 cm³/mol. The Morgan fingerprint density at radius 1 is 0.867 bits per heavy atom. The number of benzene rings is 3. The van der Waals surface area contributed by atoms with Crippen LogP contribution < -0.4 is 0 Å². The Labute approximate surface area is 186 Å². The van der Waals surface area contributed by atoms with Crippen LogP contribution in [0.4, 0.5) is 4.79 Å². The molecule has 0 saturated carbocycles. The number of ketones is 1. The van der Waals surface area contributed by atoms with E-state index in [1.54, 1.807) is 18.2 Å². The average molecular weight is 478 g/mol. The maximum atomic E-state index is 12.7. The topological polar surface area (TPSA) is 54.5 Å². The van der Waals surface area contributed by atoms with Crippen LogP contribution in [-0.4, -0.2) is 28.4 Å². The van der Waals surface area contributed by atoms with Gasteiger partial charge in [0.1, 0.15) is 0 Å². The zero-order chi connectivity index (χ0) is 21.1. The van der Waals surface area contributed by atoms with Crippen molar-refractivity contribution in [3.8, 4) is 11.1 Å². The molecular weight excluding hydrogens is 462 g/mol. The lowest BCUT2D eigenvalue weighted by Crippen LogP contribution is -2.33. The summed E-state index contributed by atoms with van der Waals surface area (Å²) in [5.41, 5.74) is 3.31. The van der Waals surface area contributed by atoms with Gasteiger partial charge in [-0.1, -0.05) is 88.7 Å². The summed E-state index contributed by atoms with van der Waals surface area (Å²) in [7, 11) is 0. The molecule has 3 aromatic rings. The summed E-state index contributed by atoms with van der Waals surface area (Å²) in [6.07, 6.45) is 1.66. The van der Waals surface area contributed by atoms with Crippen LogP contribution in [0.5, 0.6) is 0 Å². The summed E-state index contributed by atoms with van der Waals surface area (Å²) in [6, 6.07) is 24.4. The van der Waals surface area contributed by atoms with Gasteiger partial charge in [0.15, 0.2) is 5.78 Å². The molecule has 30 heavy (non-hydrogen) atoms. The Bertz CT molecular complexity index is 1160. The second kappa shape index (κ2) is 8.81. The zero-order valence-electron chi connectivity index (χ0n) is 15.7. The zero-order valence-corrected chi connectivity index (χ0v) is 18.2. The summed E-state index contributed by atoms with van der Waals surface area (Å²) in [4.78, 5) is 39.0. The van der Waals surface area contributed by atoms with Crippen molar-refractivity contribution in [3.63, 3.8) is 0 Å². The van der Waals surface area contributed by atoms with Crippen LogP contribution in [0.2, 0.25) is 0 Å². The highest BCUT2D eigenvalue weighted by atomic mass is 79.9. The molecule has 0 aliphatic carbocycles. The molecule has 0 unspecified atom stereocenters. The Morgan fingerprint density at radius 3 is 2.20 bits per heavy atom. The van der Waals surface area contributed by atoms with Crippen LogP contribution >= 0.6 is 27.7 Å². The van der Waals surface area contributed by atoms with E-state index in [0.717, 1.165) is 37.8 Å². The van der Waals surface area contributed by atoms with Gasteiger partial charge in [0.05, 0.1) is 11.4 Å². The molecule has 148 valence electrons. The highest BCUT2D eigenvalue weighted by Crippen LogP contribution is 2.33. The van der Waals surface area contributed by atoms with E-state index < -0.39 is 11.1 Å². The van der Waals surface area contributed by atoms with Gasteiger partial charge in [0, 0.05) is 10.0 Å². The van der Waals surface area contributed by atoms with E-state index in [1.165, 1.54) is 0 Å². The van der Waals surface area contributed by atoms with Crippen molar-refractivity contribution < 1.29 is 14.4 Å². The molecule has 2 amide bonds. The molecular formula is C24H16BrNO3S. The SMILES string of the molecule is O=C(CN1C(=O)S/C(=C/c2ccccc2Br)C1=O)c1ccc(-c2ccccc2)cc1. The number of carbonyl (C=O) groups excluding carboxylic acids is 3. The number of hydrogen-bond donors (Lipinski definition) is 0. The van der Waals surface area contributed by atoms with E-state index in [4.69, 9.17) is 0 Å². The predicted octanol–water partition coefficient (Wildman–Crippen LogP) is 6.04. The van der Waals surface area contributed by atoms with Gasteiger partial charge in [-0.15, -0.1) is 0 Å². The van der Waals surface area contributed by atoms with Crippen molar-refractivity contribution in [2.75, 3.05) is 6.54 Å². The third-order valence-electron chi connectivity index (χ3n) is 4.68. The number of imide groups is 1. The van der Waals surface area contributed by atoms with Crippen LogP contribution in [0.25, 0.3) is 17.2 Å². The molecule has 1 heterocycles. The first-order chi connectivity index (χ1) is 14.5. The number of Topliss-reactive ketones (excluding diaryl/α,β-unsaturated/α-hetero) is 1. The van der Waals surface area contributed by atoms with Gasteiger partial charge >= 0.3 is 0 Å². The van der Waals surface area contributed by atoms with Gasteiger partial charge in [0.2, 0.25) is 0 Å².